The molecule has 0 saturated carbocycles. The summed E-state index contributed by atoms with van der Waals surface area (Å²) in [5.41, 5.74) is 0.821. The smallest absolute Gasteiger partial charge is 0.317 e. The van der Waals surface area contributed by atoms with Crippen LogP contribution in [-0.2, 0) is 11.3 Å². The molecule has 1 aromatic heterocycles. The molecule has 1 heterocycles. The Kier molecular flexibility index (Phi) is 4.04. The fourth-order valence-electron chi connectivity index (χ4n) is 1.45. The van der Waals surface area contributed by atoms with Crippen molar-refractivity contribution in [2.45, 2.75) is 6.54 Å². The molecule has 2 rings (SSSR count). The van der Waals surface area contributed by atoms with E-state index in [0.717, 1.165) is 0 Å². The lowest BCUT2D eigenvalue weighted by Crippen LogP contribution is -2.22. The van der Waals surface area contributed by atoms with E-state index in [1.807, 2.05) is 0 Å². The number of nitrogens with zero attached hydrogens (tertiary/aromatic N) is 4. The summed E-state index contributed by atoms with van der Waals surface area (Å²) >= 11 is 0. The molecule has 7 nitrogen and oxygen atoms in total. The van der Waals surface area contributed by atoms with Crippen molar-refractivity contribution >= 4 is 5.97 Å². The highest BCUT2D eigenvalue weighted by Gasteiger charge is 2.08. The van der Waals surface area contributed by atoms with Crippen LogP contribution in [0.25, 0.3) is 11.4 Å². The lowest BCUT2D eigenvalue weighted by Gasteiger charge is -2.05. The molecule has 19 heavy (non-hydrogen) atoms. The summed E-state index contributed by atoms with van der Waals surface area (Å²) in [6, 6.07) is 4.42. The molecule has 1 aromatic carbocycles. The first kappa shape index (κ1) is 13.0. The average molecular weight is 263 g/mol. The van der Waals surface area contributed by atoms with Gasteiger partial charge in [0.2, 0.25) is 5.82 Å². The van der Waals surface area contributed by atoms with Crippen molar-refractivity contribution in [1.29, 1.82) is 0 Å². The maximum Gasteiger partial charge on any atom is 0.317 e. The lowest BCUT2D eigenvalue weighted by atomic mass is 10.1. The number of carboxylic acids is 1. The molecular formula is C11H10FN5O2. The molecule has 0 spiro atoms. The topological polar surface area (TPSA) is 101 Å². The van der Waals surface area contributed by atoms with Gasteiger partial charge in [0.15, 0.2) is 6.33 Å². The molecule has 0 aliphatic heterocycles. The second kappa shape index (κ2) is 5.91. The van der Waals surface area contributed by atoms with Crippen LogP contribution in [0.15, 0.2) is 24.5 Å². The zero-order valence-electron chi connectivity index (χ0n) is 9.75. The second-order valence-electron chi connectivity index (χ2n) is 3.67. The van der Waals surface area contributed by atoms with Gasteiger partial charge in [0.1, 0.15) is 5.82 Å². The maximum absolute atomic E-state index is 13.8. The van der Waals surface area contributed by atoms with Crippen LogP contribution in [0.2, 0.25) is 0 Å². The summed E-state index contributed by atoms with van der Waals surface area (Å²) in [4.78, 5) is 10.3. The van der Waals surface area contributed by atoms with Gasteiger partial charge in [-0.2, -0.15) is 0 Å². The minimum absolute atomic E-state index is 0.130. The highest BCUT2D eigenvalue weighted by Crippen LogP contribution is 2.17. The molecule has 98 valence electrons. The molecule has 8 heteroatoms. The largest absolute Gasteiger partial charge is 0.480 e. The number of nitrogens with one attached hydrogen (secondary N) is 1. The fraction of sp³-hybridized carbons (Fsp3) is 0.182. The third-order valence-electron chi connectivity index (χ3n) is 2.31. The number of hydrogen-bond donors (Lipinski definition) is 2. The maximum atomic E-state index is 13.8. The van der Waals surface area contributed by atoms with E-state index in [-0.39, 0.29) is 18.9 Å². The third kappa shape index (κ3) is 3.49. The Bertz CT molecular complexity index is 579. The highest BCUT2D eigenvalue weighted by molar-refractivity contribution is 5.69. The second-order valence-corrected chi connectivity index (χ2v) is 3.67. The minimum Gasteiger partial charge on any atom is -0.480 e. The monoisotopic (exact) mass is 263 g/mol. The van der Waals surface area contributed by atoms with Gasteiger partial charge >= 0.3 is 5.97 Å². The molecule has 0 aliphatic rings. The Labute approximate surface area is 107 Å². The molecule has 0 unspecified atom stereocenters. The number of aromatic nitrogens is 4. The van der Waals surface area contributed by atoms with Gasteiger partial charge in [0.25, 0.3) is 0 Å². The number of halogens is 1. The van der Waals surface area contributed by atoms with Gasteiger partial charge in [0.05, 0.1) is 6.54 Å². The molecule has 0 atom stereocenters. The predicted octanol–water partition coefficient (Wildman–Crippen LogP) is 0.247. The predicted molar refractivity (Wildman–Crippen MR) is 62.4 cm³/mol. The van der Waals surface area contributed by atoms with Crippen LogP contribution in [0.1, 0.15) is 5.56 Å². The molecule has 0 saturated heterocycles. The van der Waals surface area contributed by atoms with E-state index in [1.54, 1.807) is 6.07 Å². The zero-order chi connectivity index (χ0) is 13.7. The summed E-state index contributed by atoms with van der Waals surface area (Å²) in [7, 11) is 0. The van der Waals surface area contributed by atoms with Crippen molar-refractivity contribution in [1.82, 2.24) is 25.7 Å². The number of carbonyl (C=O) groups is 1. The number of rotatable bonds is 5. The first-order valence-electron chi connectivity index (χ1n) is 5.38. The zero-order valence-corrected chi connectivity index (χ0v) is 9.75. The highest BCUT2D eigenvalue weighted by atomic mass is 19.1. The van der Waals surface area contributed by atoms with Crippen LogP contribution in [0.4, 0.5) is 4.39 Å². The van der Waals surface area contributed by atoms with Crippen LogP contribution in [0, 0.1) is 5.82 Å². The van der Waals surface area contributed by atoms with E-state index in [9.17, 15) is 9.18 Å². The Morgan fingerprint density at radius 1 is 1.32 bits per heavy atom. The van der Waals surface area contributed by atoms with E-state index in [2.05, 4.69) is 25.7 Å². The van der Waals surface area contributed by atoms with Crippen molar-refractivity contribution in [3.63, 3.8) is 0 Å². The van der Waals surface area contributed by atoms with Crippen LogP contribution >= 0.6 is 0 Å². The molecule has 0 fully saturated rings. The van der Waals surface area contributed by atoms with E-state index in [1.165, 1.54) is 18.5 Å². The van der Waals surface area contributed by atoms with Crippen LogP contribution in [0.5, 0.6) is 0 Å². The van der Waals surface area contributed by atoms with Crippen molar-refractivity contribution < 1.29 is 14.3 Å². The Morgan fingerprint density at radius 2 is 2.05 bits per heavy atom. The summed E-state index contributed by atoms with van der Waals surface area (Å²) in [6.45, 7) is -0.0958. The molecule has 0 radical (unpaired) electrons. The van der Waals surface area contributed by atoms with Gasteiger partial charge < -0.3 is 10.4 Å². The first-order valence-corrected chi connectivity index (χ1v) is 5.38. The van der Waals surface area contributed by atoms with E-state index in [4.69, 9.17) is 5.11 Å². The quantitative estimate of drug-likeness (QED) is 0.797. The van der Waals surface area contributed by atoms with Gasteiger partial charge in [-0.1, -0.05) is 12.1 Å². The van der Waals surface area contributed by atoms with E-state index < -0.39 is 11.8 Å². The average Bonchev–Trinajstić information content (AvgIpc) is 2.41. The van der Waals surface area contributed by atoms with Gasteiger partial charge in [-0.15, -0.1) is 20.4 Å². The molecule has 2 N–H and O–H groups in total. The normalized spacial score (nSPS) is 10.4. The Morgan fingerprint density at radius 3 is 2.68 bits per heavy atom. The minimum atomic E-state index is -0.994. The summed E-state index contributed by atoms with van der Waals surface area (Å²) in [6.07, 6.45) is 1.18. The number of aliphatic carboxylic acids is 1. The van der Waals surface area contributed by atoms with Gasteiger partial charge in [-0.05, 0) is 6.07 Å². The van der Waals surface area contributed by atoms with Gasteiger partial charge in [0, 0.05) is 17.7 Å². The van der Waals surface area contributed by atoms with Gasteiger partial charge in [-0.3, -0.25) is 4.79 Å². The van der Waals surface area contributed by atoms with Crippen molar-refractivity contribution in [3.8, 4) is 11.4 Å². The van der Waals surface area contributed by atoms with E-state index >= 15 is 0 Å². The first-order chi connectivity index (χ1) is 9.16. The Hall–Kier alpha value is -2.48. The van der Waals surface area contributed by atoms with Crippen LogP contribution < -0.4 is 5.32 Å². The standard InChI is InChI=1S/C11H10FN5O2/c12-9-3-7(11-16-14-6-15-17-11)1-2-8(9)4-13-5-10(18)19/h1-3,6,13H,4-5H2,(H,18,19). The fourth-order valence-corrected chi connectivity index (χ4v) is 1.45. The number of carboxylic acid groups (broad SMARTS) is 1. The number of benzene rings is 1. The summed E-state index contributed by atoms with van der Waals surface area (Å²) in [5, 5.41) is 25.6. The van der Waals surface area contributed by atoms with Crippen LogP contribution in [0.3, 0.4) is 0 Å². The molecule has 0 amide bonds. The number of hydrogen-bond acceptors (Lipinski definition) is 6. The molecular weight excluding hydrogens is 253 g/mol. The van der Waals surface area contributed by atoms with Crippen molar-refractivity contribution in [2.75, 3.05) is 6.54 Å². The summed E-state index contributed by atoms with van der Waals surface area (Å²) < 4.78 is 13.8. The van der Waals surface area contributed by atoms with Crippen LogP contribution in [-0.4, -0.2) is 38.0 Å². The van der Waals surface area contributed by atoms with Gasteiger partial charge in [-0.25, -0.2) is 4.39 Å². The molecule has 0 aliphatic carbocycles. The lowest BCUT2D eigenvalue weighted by molar-refractivity contribution is -0.136. The summed E-state index contributed by atoms with van der Waals surface area (Å²) in [5.74, 6) is -1.24. The SMILES string of the molecule is O=C(O)CNCc1ccc(-c2nncnn2)cc1F. The third-order valence-corrected chi connectivity index (χ3v) is 2.31. The molecule has 0 bridgehead atoms. The van der Waals surface area contributed by atoms with Crippen molar-refractivity contribution in [2.24, 2.45) is 0 Å². The Balaban J connectivity index is 2.11. The van der Waals surface area contributed by atoms with E-state index in [0.29, 0.717) is 11.1 Å². The van der Waals surface area contributed by atoms with Crippen molar-refractivity contribution in [3.05, 3.63) is 35.9 Å². The molecule has 2 aromatic rings.